The van der Waals surface area contributed by atoms with E-state index in [1.165, 1.54) is 6.42 Å². The van der Waals surface area contributed by atoms with E-state index in [0.717, 1.165) is 66.3 Å². The van der Waals surface area contributed by atoms with Gasteiger partial charge in [-0.1, -0.05) is 35.9 Å². The zero-order valence-electron chi connectivity index (χ0n) is 23.1. The number of pyridine rings is 1. The molecule has 0 bridgehead atoms. The molecule has 7 rings (SSSR count). The lowest BCUT2D eigenvalue weighted by Gasteiger charge is -2.48. The zero-order valence-corrected chi connectivity index (χ0v) is 23.9. The predicted molar refractivity (Wildman–Crippen MR) is 160 cm³/mol. The number of nitrogens with zero attached hydrogens (tertiary/aromatic N) is 5. The number of nitrogens with one attached hydrogen (secondary N) is 1. The van der Waals surface area contributed by atoms with E-state index in [-0.39, 0.29) is 11.4 Å². The molecule has 3 aliphatic heterocycles. The molecule has 2 N–H and O–H groups in total. The summed E-state index contributed by atoms with van der Waals surface area (Å²) in [7, 11) is 0. The fourth-order valence-electron chi connectivity index (χ4n) is 6.60. The van der Waals surface area contributed by atoms with Crippen molar-refractivity contribution in [2.45, 2.75) is 49.7 Å². The van der Waals surface area contributed by atoms with Crippen molar-refractivity contribution in [1.82, 2.24) is 24.8 Å². The van der Waals surface area contributed by atoms with Gasteiger partial charge in [-0.3, -0.25) is 4.79 Å². The van der Waals surface area contributed by atoms with E-state index in [2.05, 4.69) is 16.3 Å². The minimum atomic E-state index is -0.859. The second-order valence-corrected chi connectivity index (χ2v) is 12.3. The van der Waals surface area contributed by atoms with Crippen molar-refractivity contribution in [2.24, 2.45) is 0 Å². The molecule has 9 heteroatoms. The molecule has 41 heavy (non-hydrogen) atoms. The van der Waals surface area contributed by atoms with E-state index < -0.39 is 5.60 Å². The molecule has 0 atom stereocenters. The number of hydrogen-bond acceptors (Lipinski definition) is 6. The minimum Gasteiger partial charge on any atom is -0.385 e. The summed E-state index contributed by atoms with van der Waals surface area (Å²) in [5.74, 6) is 0.853. The van der Waals surface area contributed by atoms with Gasteiger partial charge in [-0.25, -0.2) is 9.50 Å². The number of amides is 1. The standard InChI is InChI=1S/C32H35ClN6O2/c33-26-9-7-25(8-10-26)32(41)14-20-37(21-15-32)27-2-1-17-39-29(27)35-28(36-39)22-23-3-5-24(6-4-23)30(40)38-18-12-31(13-19-38)11-16-34-31/h1-10,17,34,41H,11-16,18-22H2. The second-order valence-electron chi connectivity index (χ2n) is 11.8. The molecule has 1 spiro atoms. The Labute approximate surface area is 244 Å². The lowest BCUT2D eigenvalue weighted by molar-refractivity contribution is 0.0118. The first kappa shape index (κ1) is 26.4. The lowest BCUT2D eigenvalue weighted by atomic mass is 9.79. The van der Waals surface area contributed by atoms with Crippen molar-refractivity contribution >= 4 is 28.8 Å². The van der Waals surface area contributed by atoms with E-state index >= 15 is 0 Å². The van der Waals surface area contributed by atoms with Crippen molar-refractivity contribution in [3.8, 4) is 0 Å². The number of benzene rings is 2. The number of halogens is 1. The van der Waals surface area contributed by atoms with Gasteiger partial charge >= 0.3 is 0 Å². The van der Waals surface area contributed by atoms with Crippen LogP contribution in [0, 0.1) is 0 Å². The highest BCUT2D eigenvalue weighted by Gasteiger charge is 2.40. The number of aromatic nitrogens is 3. The summed E-state index contributed by atoms with van der Waals surface area (Å²) < 4.78 is 1.84. The predicted octanol–water partition coefficient (Wildman–Crippen LogP) is 4.43. The summed E-state index contributed by atoms with van der Waals surface area (Å²) in [4.78, 5) is 22.2. The van der Waals surface area contributed by atoms with Crippen LogP contribution in [0.5, 0.6) is 0 Å². The Balaban J connectivity index is 1.01. The van der Waals surface area contributed by atoms with Crippen LogP contribution in [-0.4, -0.2) is 68.8 Å². The Bertz CT molecular complexity index is 1550. The van der Waals surface area contributed by atoms with Crippen LogP contribution in [0.2, 0.25) is 5.02 Å². The largest absolute Gasteiger partial charge is 0.385 e. The summed E-state index contributed by atoms with van der Waals surface area (Å²) in [6.07, 6.45) is 7.07. The number of fused-ring (bicyclic) bond motifs is 1. The van der Waals surface area contributed by atoms with Gasteiger partial charge in [0, 0.05) is 54.9 Å². The third kappa shape index (κ3) is 5.09. The fourth-order valence-corrected chi connectivity index (χ4v) is 6.72. The average molecular weight is 571 g/mol. The van der Waals surface area contributed by atoms with Gasteiger partial charge in [-0.05, 0) is 86.2 Å². The monoisotopic (exact) mass is 570 g/mol. The number of piperidine rings is 2. The number of likely N-dealkylation sites (tertiary alicyclic amines) is 1. The maximum absolute atomic E-state index is 13.1. The van der Waals surface area contributed by atoms with Crippen molar-refractivity contribution in [3.63, 3.8) is 0 Å². The number of carbonyl (C=O) groups is 1. The Hall–Kier alpha value is -3.46. The van der Waals surface area contributed by atoms with Crippen LogP contribution in [0.4, 0.5) is 5.69 Å². The Kier molecular flexibility index (Phi) is 6.72. The van der Waals surface area contributed by atoms with E-state index in [1.54, 1.807) is 0 Å². The second kappa shape index (κ2) is 10.4. The lowest BCUT2D eigenvalue weighted by Crippen LogP contribution is -2.62. The molecule has 5 heterocycles. The summed E-state index contributed by atoms with van der Waals surface area (Å²) in [5, 5.41) is 20.3. The first-order valence-electron chi connectivity index (χ1n) is 14.6. The molecular formula is C32H35ClN6O2. The SMILES string of the molecule is O=C(c1ccc(Cc2nc3c(N4CCC(O)(c5ccc(Cl)cc5)CC4)cccn3n2)cc1)N1CCC2(CCN2)CC1. The van der Waals surface area contributed by atoms with Gasteiger partial charge in [0.25, 0.3) is 5.91 Å². The smallest absolute Gasteiger partial charge is 0.253 e. The molecule has 2 aromatic carbocycles. The Morgan fingerprint density at radius 1 is 0.927 bits per heavy atom. The molecule has 0 unspecified atom stereocenters. The molecular weight excluding hydrogens is 536 g/mol. The molecule has 0 aliphatic carbocycles. The summed E-state index contributed by atoms with van der Waals surface area (Å²) in [6, 6.07) is 19.5. The molecule has 212 valence electrons. The van der Waals surface area contributed by atoms with Crippen LogP contribution >= 0.6 is 11.6 Å². The highest BCUT2D eigenvalue weighted by Crippen LogP contribution is 2.36. The minimum absolute atomic E-state index is 0.116. The maximum atomic E-state index is 13.1. The normalized spacial score (nSPS) is 19.9. The Morgan fingerprint density at radius 3 is 2.29 bits per heavy atom. The van der Waals surface area contributed by atoms with Crippen molar-refractivity contribution in [1.29, 1.82) is 0 Å². The van der Waals surface area contributed by atoms with Crippen LogP contribution < -0.4 is 10.2 Å². The first-order chi connectivity index (χ1) is 19.9. The van der Waals surface area contributed by atoms with Crippen molar-refractivity contribution < 1.29 is 9.90 Å². The van der Waals surface area contributed by atoms with Gasteiger partial charge < -0.3 is 20.2 Å². The molecule has 0 saturated carbocycles. The van der Waals surface area contributed by atoms with Gasteiger partial charge in [0.2, 0.25) is 0 Å². The Morgan fingerprint density at radius 2 is 1.63 bits per heavy atom. The fraction of sp³-hybridized carbons (Fsp3) is 0.406. The summed E-state index contributed by atoms with van der Waals surface area (Å²) >= 11 is 6.05. The highest BCUT2D eigenvalue weighted by molar-refractivity contribution is 6.30. The van der Waals surface area contributed by atoms with Crippen molar-refractivity contribution in [2.75, 3.05) is 37.6 Å². The molecule has 2 aromatic heterocycles. The van der Waals surface area contributed by atoms with E-state index in [0.29, 0.717) is 37.4 Å². The van der Waals surface area contributed by atoms with Crippen LogP contribution in [0.15, 0.2) is 66.9 Å². The van der Waals surface area contributed by atoms with E-state index in [1.807, 2.05) is 70.2 Å². The number of rotatable bonds is 5. The van der Waals surface area contributed by atoms with Gasteiger partial charge in [0.1, 0.15) is 0 Å². The third-order valence-electron chi connectivity index (χ3n) is 9.37. The number of hydrogen-bond donors (Lipinski definition) is 2. The molecule has 4 aromatic rings. The van der Waals surface area contributed by atoms with Gasteiger partial charge in [0.05, 0.1) is 11.3 Å². The van der Waals surface area contributed by atoms with Crippen LogP contribution in [0.25, 0.3) is 5.65 Å². The topological polar surface area (TPSA) is 86.0 Å². The van der Waals surface area contributed by atoms with Crippen LogP contribution in [0.3, 0.4) is 0 Å². The number of aliphatic hydroxyl groups is 1. The van der Waals surface area contributed by atoms with Gasteiger partial charge in [-0.15, -0.1) is 0 Å². The quantitative estimate of drug-likeness (QED) is 0.369. The van der Waals surface area contributed by atoms with Crippen LogP contribution in [-0.2, 0) is 12.0 Å². The maximum Gasteiger partial charge on any atom is 0.253 e. The average Bonchev–Trinajstić information content (AvgIpc) is 3.40. The van der Waals surface area contributed by atoms with Gasteiger partial charge in [-0.2, -0.15) is 5.10 Å². The van der Waals surface area contributed by atoms with Crippen molar-refractivity contribution in [3.05, 3.63) is 94.4 Å². The zero-order chi connectivity index (χ0) is 28.0. The number of carbonyl (C=O) groups excluding carboxylic acids is 1. The van der Waals surface area contributed by atoms with Gasteiger partial charge in [0.15, 0.2) is 11.5 Å². The third-order valence-corrected chi connectivity index (χ3v) is 9.62. The summed E-state index contributed by atoms with van der Waals surface area (Å²) in [6.45, 7) is 4.17. The molecule has 3 aliphatic rings. The highest BCUT2D eigenvalue weighted by atomic mass is 35.5. The molecule has 0 radical (unpaired) electrons. The van der Waals surface area contributed by atoms with Crippen LogP contribution in [0.1, 0.15) is 59.4 Å². The van der Waals surface area contributed by atoms with E-state index in [9.17, 15) is 9.90 Å². The molecule has 3 saturated heterocycles. The number of anilines is 1. The first-order valence-corrected chi connectivity index (χ1v) is 15.0. The molecule has 8 nitrogen and oxygen atoms in total. The molecule has 3 fully saturated rings. The molecule has 1 amide bonds. The van der Waals surface area contributed by atoms with E-state index in [4.69, 9.17) is 21.7 Å². The summed E-state index contributed by atoms with van der Waals surface area (Å²) in [5.41, 5.74) is 3.98.